The fourth-order valence-corrected chi connectivity index (χ4v) is 2.05. The minimum Gasteiger partial charge on any atom is -0.373 e. The van der Waals surface area contributed by atoms with E-state index in [4.69, 9.17) is 5.73 Å². The van der Waals surface area contributed by atoms with Crippen LogP contribution in [0.15, 0.2) is 41.8 Å². The topological polar surface area (TPSA) is 38.0 Å². The van der Waals surface area contributed by atoms with Crippen LogP contribution in [0.1, 0.15) is 11.1 Å². The number of thiophene rings is 1. The second-order valence-electron chi connectivity index (χ2n) is 3.35. The van der Waals surface area contributed by atoms with Gasteiger partial charge in [-0.3, -0.25) is 0 Å². The van der Waals surface area contributed by atoms with Crippen LogP contribution < -0.4 is 11.1 Å². The first-order valence-electron chi connectivity index (χ1n) is 4.94. The predicted octanol–water partition coefficient (Wildman–Crippen LogP) is 2.82. The number of benzene rings is 1. The number of nitrogens with two attached hydrogens (primary N) is 1. The monoisotopic (exact) mass is 218 g/mol. The molecule has 0 amide bonds. The van der Waals surface area contributed by atoms with Crippen LogP contribution in [0.25, 0.3) is 0 Å². The SMILES string of the molecule is NCc1cccc(CNc2cccs2)c1. The molecule has 0 spiro atoms. The Bertz CT molecular complexity index is 409. The van der Waals surface area contributed by atoms with Gasteiger partial charge in [0.2, 0.25) is 0 Å². The minimum absolute atomic E-state index is 0.604. The van der Waals surface area contributed by atoms with Gasteiger partial charge in [-0.1, -0.05) is 24.3 Å². The number of rotatable bonds is 4. The first-order valence-corrected chi connectivity index (χ1v) is 5.82. The summed E-state index contributed by atoms with van der Waals surface area (Å²) in [5, 5.41) is 6.64. The summed E-state index contributed by atoms with van der Waals surface area (Å²) < 4.78 is 0. The van der Waals surface area contributed by atoms with E-state index in [9.17, 15) is 0 Å². The fourth-order valence-electron chi connectivity index (χ4n) is 1.43. The third kappa shape index (κ3) is 2.81. The van der Waals surface area contributed by atoms with Gasteiger partial charge in [0.1, 0.15) is 0 Å². The normalized spacial score (nSPS) is 10.2. The second kappa shape index (κ2) is 4.96. The third-order valence-electron chi connectivity index (χ3n) is 2.22. The van der Waals surface area contributed by atoms with Crippen LogP contribution in [0.5, 0.6) is 0 Å². The maximum Gasteiger partial charge on any atom is 0.0885 e. The summed E-state index contributed by atoms with van der Waals surface area (Å²) in [7, 11) is 0. The van der Waals surface area contributed by atoms with Crippen molar-refractivity contribution in [1.29, 1.82) is 0 Å². The molecule has 2 aromatic rings. The van der Waals surface area contributed by atoms with Crippen LogP contribution in [-0.2, 0) is 13.1 Å². The van der Waals surface area contributed by atoms with Crippen molar-refractivity contribution in [3.8, 4) is 0 Å². The summed E-state index contributed by atoms with van der Waals surface area (Å²) in [6.07, 6.45) is 0. The van der Waals surface area contributed by atoms with E-state index in [0.29, 0.717) is 6.54 Å². The molecule has 3 N–H and O–H groups in total. The van der Waals surface area contributed by atoms with Crippen LogP contribution in [0.2, 0.25) is 0 Å². The van der Waals surface area contributed by atoms with Crippen molar-refractivity contribution in [3.63, 3.8) is 0 Å². The van der Waals surface area contributed by atoms with Crippen molar-refractivity contribution in [2.45, 2.75) is 13.1 Å². The van der Waals surface area contributed by atoms with Gasteiger partial charge in [0.15, 0.2) is 0 Å². The molecule has 0 aliphatic heterocycles. The molecule has 15 heavy (non-hydrogen) atoms. The van der Waals surface area contributed by atoms with Crippen molar-refractivity contribution < 1.29 is 0 Å². The van der Waals surface area contributed by atoms with Gasteiger partial charge in [-0.2, -0.15) is 0 Å². The van der Waals surface area contributed by atoms with E-state index in [0.717, 1.165) is 6.54 Å². The zero-order valence-electron chi connectivity index (χ0n) is 8.44. The van der Waals surface area contributed by atoms with Gasteiger partial charge in [-0.05, 0) is 28.6 Å². The predicted molar refractivity (Wildman–Crippen MR) is 66.0 cm³/mol. The molecule has 0 bridgehead atoms. The van der Waals surface area contributed by atoms with Crippen molar-refractivity contribution in [2.75, 3.05) is 5.32 Å². The maximum atomic E-state index is 5.59. The van der Waals surface area contributed by atoms with E-state index in [2.05, 4.69) is 35.0 Å². The molecule has 1 aromatic heterocycles. The largest absolute Gasteiger partial charge is 0.373 e. The quantitative estimate of drug-likeness (QED) is 0.828. The Kier molecular flexibility index (Phi) is 3.37. The van der Waals surface area contributed by atoms with Gasteiger partial charge in [0, 0.05) is 13.1 Å². The fraction of sp³-hybridized carbons (Fsp3) is 0.167. The van der Waals surface area contributed by atoms with E-state index in [1.54, 1.807) is 11.3 Å². The van der Waals surface area contributed by atoms with Crippen LogP contribution >= 0.6 is 11.3 Å². The number of nitrogens with one attached hydrogen (secondary N) is 1. The highest BCUT2D eigenvalue weighted by Gasteiger charge is 1.95. The lowest BCUT2D eigenvalue weighted by atomic mass is 10.1. The number of hydrogen-bond donors (Lipinski definition) is 2. The average molecular weight is 218 g/mol. The molecule has 0 saturated heterocycles. The lowest BCUT2D eigenvalue weighted by Crippen LogP contribution is -2.00. The van der Waals surface area contributed by atoms with Crippen molar-refractivity contribution in [3.05, 3.63) is 52.9 Å². The molecule has 1 aromatic carbocycles. The Morgan fingerprint density at radius 1 is 1.13 bits per heavy atom. The maximum absolute atomic E-state index is 5.59. The zero-order valence-corrected chi connectivity index (χ0v) is 9.26. The van der Waals surface area contributed by atoms with Crippen molar-refractivity contribution >= 4 is 16.3 Å². The molecule has 0 unspecified atom stereocenters. The first kappa shape index (κ1) is 10.2. The molecule has 0 aliphatic rings. The Labute approximate surface area is 93.7 Å². The molecular formula is C12H14N2S. The number of hydrogen-bond acceptors (Lipinski definition) is 3. The first-order chi connectivity index (χ1) is 7.38. The highest BCUT2D eigenvalue weighted by molar-refractivity contribution is 7.14. The third-order valence-corrected chi connectivity index (χ3v) is 3.04. The Morgan fingerprint density at radius 3 is 2.73 bits per heavy atom. The molecule has 3 heteroatoms. The van der Waals surface area contributed by atoms with E-state index < -0.39 is 0 Å². The van der Waals surface area contributed by atoms with E-state index in [1.165, 1.54) is 16.1 Å². The van der Waals surface area contributed by atoms with Gasteiger partial charge in [0.25, 0.3) is 0 Å². The minimum atomic E-state index is 0.604. The Morgan fingerprint density at radius 2 is 2.00 bits per heavy atom. The van der Waals surface area contributed by atoms with Gasteiger partial charge < -0.3 is 11.1 Å². The van der Waals surface area contributed by atoms with Crippen LogP contribution in [0.4, 0.5) is 5.00 Å². The van der Waals surface area contributed by atoms with Crippen LogP contribution in [-0.4, -0.2) is 0 Å². The molecule has 0 atom stereocenters. The highest BCUT2D eigenvalue weighted by Crippen LogP contribution is 2.16. The zero-order chi connectivity index (χ0) is 10.5. The molecule has 2 nitrogen and oxygen atoms in total. The summed E-state index contributed by atoms with van der Waals surface area (Å²) in [4.78, 5) is 0. The Hall–Kier alpha value is -1.32. The van der Waals surface area contributed by atoms with E-state index >= 15 is 0 Å². The lowest BCUT2D eigenvalue weighted by Gasteiger charge is -2.05. The summed E-state index contributed by atoms with van der Waals surface area (Å²) in [6, 6.07) is 12.5. The molecule has 0 aliphatic carbocycles. The van der Waals surface area contributed by atoms with Gasteiger partial charge >= 0.3 is 0 Å². The van der Waals surface area contributed by atoms with Gasteiger partial charge in [-0.15, -0.1) is 11.3 Å². The van der Waals surface area contributed by atoms with Crippen LogP contribution in [0.3, 0.4) is 0 Å². The van der Waals surface area contributed by atoms with E-state index in [1.807, 2.05) is 12.1 Å². The molecule has 2 rings (SSSR count). The second-order valence-corrected chi connectivity index (χ2v) is 4.30. The van der Waals surface area contributed by atoms with Crippen LogP contribution in [0, 0.1) is 0 Å². The Balaban J connectivity index is 1.98. The molecule has 1 heterocycles. The number of anilines is 1. The van der Waals surface area contributed by atoms with Crippen molar-refractivity contribution in [1.82, 2.24) is 0 Å². The molecule has 0 fully saturated rings. The molecule has 78 valence electrons. The molecule has 0 radical (unpaired) electrons. The summed E-state index contributed by atoms with van der Waals surface area (Å²) >= 11 is 1.72. The highest BCUT2D eigenvalue weighted by atomic mass is 32.1. The molecular weight excluding hydrogens is 204 g/mol. The van der Waals surface area contributed by atoms with Gasteiger partial charge in [0.05, 0.1) is 5.00 Å². The summed E-state index contributed by atoms with van der Waals surface area (Å²) in [5.41, 5.74) is 8.04. The standard InChI is InChI=1S/C12H14N2S/c13-8-10-3-1-4-11(7-10)9-14-12-5-2-6-15-12/h1-7,14H,8-9,13H2. The summed E-state index contributed by atoms with van der Waals surface area (Å²) in [5.74, 6) is 0. The van der Waals surface area contributed by atoms with Gasteiger partial charge in [-0.25, -0.2) is 0 Å². The van der Waals surface area contributed by atoms with E-state index in [-0.39, 0.29) is 0 Å². The average Bonchev–Trinajstić information content (AvgIpc) is 2.79. The summed E-state index contributed by atoms with van der Waals surface area (Å²) in [6.45, 7) is 1.46. The smallest absolute Gasteiger partial charge is 0.0885 e. The lowest BCUT2D eigenvalue weighted by molar-refractivity contribution is 1.05. The van der Waals surface area contributed by atoms with Crippen molar-refractivity contribution in [2.24, 2.45) is 5.73 Å². The molecule has 0 saturated carbocycles.